The smallest absolute Gasteiger partial charge is 0.256 e. The minimum Gasteiger partial charge on any atom is -0.332 e. The minimum atomic E-state index is 0.0636. The molecule has 2 rings (SSSR count). The molecule has 1 aromatic carbocycles. The summed E-state index contributed by atoms with van der Waals surface area (Å²) in [5.74, 6) is 0.0636. The van der Waals surface area contributed by atoms with Gasteiger partial charge in [-0.3, -0.25) is 4.79 Å². The van der Waals surface area contributed by atoms with Gasteiger partial charge in [-0.1, -0.05) is 17.7 Å². The van der Waals surface area contributed by atoms with Crippen LogP contribution in [-0.2, 0) is 6.54 Å². The highest BCUT2D eigenvalue weighted by atomic mass is 35.5. The lowest BCUT2D eigenvalue weighted by Crippen LogP contribution is -2.30. The maximum Gasteiger partial charge on any atom is 0.256 e. The monoisotopic (exact) mass is 223 g/mol. The molecule has 1 aliphatic heterocycles. The van der Waals surface area contributed by atoms with E-state index in [9.17, 15) is 4.79 Å². The van der Waals surface area contributed by atoms with Gasteiger partial charge in [0.05, 0.1) is 10.6 Å². The van der Waals surface area contributed by atoms with E-state index in [-0.39, 0.29) is 11.9 Å². The molecule has 0 spiro atoms. The van der Waals surface area contributed by atoms with Gasteiger partial charge in [0.25, 0.3) is 5.91 Å². The molecule has 3 heteroatoms. The summed E-state index contributed by atoms with van der Waals surface area (Å²) in [5.41, 5.74) is 2.93. The topological polar surface area (TPSA) is 20.3 Å². The summed E-state index contributed by atoms with van der Waals surface area (Å²) in [6, 6.07) is 4.00. The van der Waals surface area contributed by atoms with E-state index in [1.807, 2.05) is 31.7 Å². The van der Waals surface area contributed by atoms with E-state index in [1.54, 1.807) is 6.07 Å². The van der Waals surface area contributed by atoms with Crippen molar-refractivity contribution in [3.8, 4) is 0 Å². The average molecular weight is 224 g/mol. The highest BCUT2D eigenvalue weighted by Gasteiger charge is 2.31. The van der Waals surface area contributed by atoms with Gasteiger partial charge >= 0.3 is 0 Å². The van der Waals surface area contributed by atoms with Crippen LogP contribution >= 0.6 is 11.6 Å². The Hall–Kier alpha value is -1.02. The van der Waals surface area contributed by atoms with Crippen molar-refractivity contribution in [1.29, 1.82) is 0 Å². The normalized spacial score (nSPS) is 15.0. The second-order valence-corrected chi connectivity index (χ2v) is 4.65. The maximum absolute atomic E-state index is 12.1. The van der Waals surface area contributed by atoms with Crippen LogP contribution in [0.5, 0.6) is 0 Å². The van der Waals surface area contributed by atoms with Crippen molar-refractivity contribution in [3.05, 3.63) is 33.8 Å². The van der Waals surface area contributed by atoms with Crippen molar-refractivity contribution in [2.24, 2.45) is 0 Å². The van der Waals surface area contributed by atoms with Crippen LogP contribution in [0.15, 0.2) is 12.1 Å². The maximum atomic E-state index is 12.1. The van der Waals surface area contributed by atoms with E-state index < -0.39 is 0 Å². The fourth-order valence-electron chi connectivity index (χ4n) is 1.96. The van der Waals surface area contributed by atoms with Crippen LogP contribution in [0.25, 0.3) is 0 Å². The van der Waals surface area contributed by atoms with E-state index in [0.29, 0.717) is 17.1 Å². The van der Waals surface area contributed by atoms with Crippen LogP contribution in [0.2, 0.25) is 5.02 Å². The summed E-state index contributed by atoms with van der Waals surface area (Å²) >= 11 is 6.06. The summed E-state index contributed by atoms with van der Waals surface area (Å²) in [6.45, 7) is 6.75. The third-order valence-electron chi connectivity index (χ3n) is 2.92. The number of carbonyl (C=O) groups excluding carboxylic acids is 1. The molecule has 0 saturated carbocycles. The Bertz CT molecular complexity index is 426. The van der Waals surface area contributed by atoms with E-state index in [2.05, 4.69) is 0 Å². The summed E-state index contributed by atoms with van der Waals surface area (Å²) in [7, 11) is 0. The number of carbonyl (C=O) groups is 1. The molecule has 0 aliphatic carbocycles. The zero-order valence-electron chi connectivity index (χ0n) is 9.17. The molecule has 1 aromatic rings. The Kier molecular flexibility index (Phi) is 2.47. The molecule has 2 nitrogen and oxygen atoms in total. The second-order valence-electron chi connectivity index (χ2n) is 4.24. The van der Waals surface area contributed by atoms with Gasteiger partial charge in [-0.25, -0.2) is 0 Å². The predicted molar refractivity (Wildman–Crippen MR) is 61.2 cm³/mol. The molecular weight excluding hydrogens is 210 g/mol. The van der Waals surface area contributed by atoms with Gasteiger partial charge in [-0.2, -0.15) is 0 Å². The van der Waals surface area contributed by atoms with E-state index >= 15 is 0 Å². The molecule has 0 N–H and O–H groups in total. The molecule has 1 aliphatic rings. The molecule has 0 fully saturated rings. The number of halogens is 1. The van der Waals surface area contributed by atoms with Crippen molar-refractivity contribution in [3.63, 3.8) is 0 Å². The Labute approximate surface area is 94.8 Å². The zero-order valence-corrected chi connectivity index (χ0v) is 9.93. The van der Waals surface area contributed by atoms with Crippen LogP contribution in [0.1, 0.15) is 35.3 Å². The lowest BCUT2D eigenvalue weighted by atomic mass is 10.0. The van der Waals surface area contributed by atoms with Crippen LogP contribution in [0.3, 0.4) is 0 Å². The average Bonchev–Trinajstić information content (AvgIpc) is 2.51. The first-order valence-electron chi connectivity index (χ1n) is 5.11. The van der Waals surface area contributed by atoms with Crippen molar-refractivity contribution in [2.45, 2.75) is 33.4 Å². The van der Waals surface area contributed by atoms with Crippen LogP contribution < -0.4 is 0 Å². The number of benzene rings is 1. The lowest BCUT2D eigenvalue weighted by Gasteiger charge is -2.20. The first kappa shape index (κ1) is 10.5. The molecule has 0 unspecified atom stereocenters. The lowest BCUT2D eigenvalue weighted by molar-refractivity contribution is 0.0731. The summed E-state index contributed by atoms with van der Waals surface area (Å²) in [5, 5.41) is 0.573. The van der Waals surface area contributed by atoms with Gasteiger partial charge in [0.1, 0.15) is 0 Å². The number of hydrogen-bond donors (Lipinski definition) is 0. The predicted octanol–water partition coefficient (Wildman–Crippen LogP) is 3.01. The van der Waals surface area contributed by atoms with Gasteiger partial charge in [0.15, 0.2) is 0 Å². The summed E-state index contributed by atoms with van der Waals surface area (Å²) in [6.07, 6.45) is 0. The molecule has 15 heavy (non-hydrogen) atoms. The van der Waals surface area contributed by atoms with Gasteiger partial charge in [-0.15, -0.1) is 0 Å². The first-order chi connectivity index (χ1) is 7.02. The molecular formula is C12H14ClNO. The van der Waals surface area contributed by atoms with Crippen molar-refractivity contribution < 1.29 is 4.79 Å². The van der Waals surface area contributed by atoms with Crippen LogP contribution in [0.4, 0.5) is 0 Å². The molecule has 0 bridgehead atoms. The second kappa shape index (κ2) is 3.53. The van der Waals surface area contributed by atoms with Gasteiger partial charge in [0, 0.05) is 12.6 Å². The number of fused-ring (bicyclic) bond motifs is 1. The molecule has 1 amide bonds. The fourth-order valence-corrected chi connectivity index (χ4v) is 2.22. The number of hydrogen-bond acceptors (Lipinski definition) is 1. The van der Waals surface area contributed by atoms with Crippen LogP contribution in [0, 0.1) is 6.92 Å². The quantitative estimate of drug-likeness (QED) is 0.717. The molecule has 0 atom stereocenters. The van der Waals surface area contributed by atoms with Crippen molar-refractivity contribution in [2.75, 3.05) is 0 Å². The third kappa shape index (κ3) is 1.53. The SMILES string of the molecule is Cc1ccc(Cl)c2c1CN(C(C)C)C2=O. The Morgan fingerprint density at radius 1 is 1.40 bits per heavy atom. The summed E-state index contributed by atoms with van der Waals surface area (Å²) < 4.78 is 0. The van der Waals surface area contributed by atoms with Gasteiger partial charge < -0.3 is 4.90 Å². The number of nitrogens with zero attached hydrogens (tertiary/aromatic N) is 1. The molecule has 0 radical (unpaired) electrons. The van der Waals surface area contributed by atoms with Crippen molar-refractivity contribution >= 4 is 17.5 Å². The zero-order chi connectivity index (χ0) is 11.2. The number of aryl methyl sites for hydroxylation is 1. The fraction of sp³-hybridized carbons (Fsp3) is 0.417. The Balaban J connectivity index is 2.54. The molecule has 1 heterocycles. The van der Waals surface area contributed by atoms with Crippen LogP contribution in [-0.4, -0.2) is 16.8 Å². The molecule has 80 valence electrons. The van der Waals surface area contributed by atoms with Gasteiger partial charge in [-0.05, 0) is 38.0 Å². The minimum absolute atomic E-state index is 0.0636. The van der Waals surface area contributed by atoms with Crippen molar-refractivity contribution in [1.82, 2.24) is 4.90 Å². The largest absolute Gasteiger partial charge is 0.332 e. The first-order valence-corrected chi connectivity index (χ1v) is 5.49. The standard InChI is InChI=1S/C12H14ClNO/c1-7(2)14-6-9-8(3)4-5-10(13)11(9)12(14)15/h4-5,7H,6H2,1-3H3. The van der Waals surface area contributed by atoms with Gasteiger partial charge in [0.2, 0.25) is 0 Å². The Morgan fingerprint density at radius 3 is 2.60 bits per heavy atom. The molecule has 0 aromatic heterocycles. The third-order valence-corrected chi connectivity index (χ3v) is 3.24. The van der Waals surface area contributed by atoms with E-state index in [1.165, 1.54) is 0 Å². The Morgan fingerprint density at radius 2 is 2.07 bits per heavy atom. The van der Waals surface area contributed by atoms with E-state index in [4.69, 9.17) is 11.6 Å². The number of rotatable bonds is 1. The highest BCUT2D eigenvalue weighted by Crippen LogP contribution is 2.32. The number of amides is 1. The molecule has 0 saturated heterocycles. The highest BCUT2D eigenvalue weighted by molar-refractivity contribution is 6.34. The van der Waals surface area contributed by atoms with E-state index in [0.717, 1.165) is 11.1 Å². The summed E-state index contributed by atoms with van der Waals surface area (Å²) in [4.78, 5) is 13.9.